The third-order valence-corrected chi connectivity index (χ3v) is 3.40. The molecule has 1 unspecified atom stereocenters. The minimum absolute atomic E-state index is 0.122. The molecule has 0 N–H and O–H groups in total. The topological polar surface area (TPSA) is 86.9 Å². The molecule has 2 heterocycles. The van der Waals surface area contributed by atoms with Crippen LogP contribution in [-0.2, 0) is 18.4 Å². The summed E-state index contributed by atoms with van der Waals surface area (Å²) in [6, 6.07) is 0. The first-order valence-electron chi connectivity index (χ1n) is 5.88. The van der Waals surface area contributed by atoms with Crippen molar-refractivity contribution in [3.8, 4) is 0 Å². The second kappa shape index (κ2) is 5.10. The van der Waals surface area contributed by atoms with Crippen molar-refractivity contribution in [1.82, 2.24) is 14.7 Å². The van der Waals surface area contributed by atoms with Gasteiger partial charge in [0.05, 0.1) is 6.20 Å². The molecule has 0 radical (unpaired) electrons. The molecule has 0 aromatic carbocycles. The van der Waals surface area contributed by atoms with E-state index >= 15 is 0 Å². The molecule has 1 amide bonds. The Morgan fingerprint density at radius 1 is 1.67 bits per heavy atom. The second-order valence-corrected chi connectivity index (χ2v) is 4.64. The standard InChI is InChI=1S/C11H16N6O/c1-8-10(5-14-16(8)2)7-17-6-9(3-11(17)18)4-13-15-12/h5,9H,3-4,6-7H2,1-2H3. The van der Waals surface area contributed by atoms with Gasteiger partial charge in [0, 0.05) is 49.3 Å². The Hall–Kier alpha value is -2.01. The van der Waals surface area contributed by atoms with Crippen LogP contribution in [-0.4, -0.2) is 33.7 Å². The van der Waals surface area contributed by atoms with E-state index in [4.69, 9.17) is 5.53 Å². The van der Waals surface area contributed by atoms with E-state index in [0.717, 1.165) is 11.3 Å². The van der Waals surface area contributed by atoms with Crippen molar-refractivity contribution in [1.29, 1.82) is 0 Å². The fourth-order valence-corrected chi connectivity index (χ4v) is 2.19. The van der Waals surface area contributed by atoms with Crippen LogP contribution in [0.4, 0.5) is 0 Å². The number of aryl methyl sites for hydroxylation is 1. The van der Waals surface area contributed by atoms with Crippen molar-refractivity contribution in [2.75, 3.05) is 13.1 Å². The van der Waals surface area contributed by atoms with Gasteiger partial charge in [-0.15, -0.1) is 0 Å². The molecule has 7 nitrogen and oxygen atoms in total. The van der Waals surface area contributed by atoms with Crippen LogP contribution in [0, 0.1) is 12.8 Å². The Morgan fingerprint density at radius 3 is 3.06 bits per heavy atom. The zero-order chi connectivity index (χ0) is 13.1. The predicted octanol–water partition coefficient (Wildman–Crippen LogP) is 1.39. The highest BCUT2D eigenvalue weighted by Crippen LogP contribution is 2.21. The lowest BCUT2D eigenvalue weighted by molar-refractivity contribution is -0.128. The number of nitrogens with zero attached hydrogens (tertiary/aromatic N) is 6. The Bertz CT molecular complexity index is 502. The summed E-state index contributed by atoms with van der Waals surface area (Å²) < 4.78 is 1.80. The van der Waals surface area contributed by atoms with Crippen LogP contribution in [0.2, 0.25) is 0 Å². The molecule has 96 valence electrons. The third kappa shape index (κ3) is 2.46. The van der Waals surface area contributed by atoms with Gasteiger partial charge in [-0.2, -0.15) is 5.10 Å². The SMILES string of the molecule is Cc1c(CN2CC(CN=[N+]=[N-])CC2=O)cnn1C. The minimum Gasteiger partial charge on any atom is -0.338 e. The highest BCUT2D eigenvalue weighted by molar-refractivity contribution is 5.78. The molecule has 1 aliphatic heterocycles. The van der Waals surface area contributed by atoms with E-state index in [0.29, 0.717) is 26.1 Å². The van der Waals surface area contributed by atoms with Crippen molar-refractivity contribution in [2.45, 2.75) is 19.9 Å². The van der Waals surface area contributed by atoms with Crippen molar-refractivity contribution in [2.24, 2.45) is 18.1 Å². The average Bonchev–Trinajstić information content (AvgIpc) is 2.85. The molecule has 1 atom stereocenters. The second-order valence-electron chi connectivity index (χ2n) is 4.64. The summed E-state index contributed by atoms with van der Waals surface area (Å²) in [7, 11) is 1.88. The number of carbonyl (C=O) groups excluding carboxylic acids is 1. The lowest BCUT2D eigenvalue weighted by Crippen LogP contribution is -2.25. The van der Waals surface area contributed by atoms with Gasteiger partial charge in [0.15, 0.2) is 0 Å². The van der Waals surface area contributed by atoms with E-state index in [2.05, 4.69) is 15.1 Å². The monoisotopic (exact) mass is 248 g/mol. The maximum atomic E-state index is 11.8. The number of azide groups is 1. The van der Waals surface area contributed by atoms with E-state index in [-0.39, 0.29) is 11.8 Å². The minimum atomic E-state index is 0.122. The van der Waals surface area contributed by atoms with Gasteiger partial charge >= 0.3 is 0 Å². The van der Waals surface area contributed by atoms with Crippen LogP contribution < -0.4 is 0 Å². The molecule has 18 heavy (non-hydrogen) atoms. The summed E-state index contributed by atoms with van der Waals surface area (Å²) in [6.45, 7) is 3.63. The molecule has 0 spiro atoms. The number of likely N-dealkylation sites (tertiary alicyclic amines) is 1. The molecule has 1 aromatic rings. The maximum absolute atomic E-state index is 11.8. The summed E-state index contributed by atoms with van der Waals surface area (Å²) in [5.41, 5.74) is 10.4. The largest absolute Gasteiger partial charge is 0.338 e. The lowest BCUT2D eigenvalue weighted by Gasteiger charge is -2.15. The normalized spacial score (nSPS) is 19.1. The van der Waals surface area contributed by atoms with Crippen LogP contribution in [0.5, 0.6) is 0 Å². The molecule has 0 bridgehead atoms. The third-order valence-electron chi connectivity index (χ3n) is 3.40. The number of carbonyl (C=O) groups is 1. The van der Waals surface area contributed by atoms with Crippen molar-refractivity contribution in [3.63, 3.8) is 0 Å². The Balaban J connectivity index is 2.00. The molecular formula is C11H16N6O. The lowest BCUT2D eigenvalue weighted by atomic mass is 10.1. The summed E-state index contributed by atoms with van der Waals surface area (Å²) in [5, 5.41) is 7.70. The molecule has 1 fully saturated rings. The zero-order valence-electron chi connectivity index (χ0n) is 10.6. The van der Waals surface area contributed by atoms with Crippen LogP contribution >= 0.6 is 0 Å². The van der Waals surface area contributed by atoms with Crippen LogP contribution in [0.25, 0.3) is 10.4 Å². The first-order chi connectivity index (χ1) is 8.61. The van der Waals surface area contributed by atoms with Gasteiger partial charge in [-0.25, -0.2) is 0 Å². The van der Waals surface area contributed by atoms with Gasteiger partial charge in [-0.05, 0) is 18.4 Å². The Labute approximate surface area is 105 Å². The summed E-state index contributed by atoms with van der Waals surface area (Å²) in [5.74, 6) is 0.266. The highest BCUT2D eigenvalue weighted by Gasteiger charge is 2.29. The average molecular weight is 248 g/mol. The van der Waals surface area contributed by atoms with Crippen LogP contribution in [0.3, 0.4) is 0 Å². The van der Waals surface area contributed by atoms with Gasteiger partial charge in [-0.1, -0.05) is 5.11 Å². The van der Waals surface area contributed by atoms with Gasteiger partial charge in [0.2, 0.25) is 5.91 Å². The Morgan fingerprint density at radius 2 is 2.44 bits per heavy atom. The number of aromatic nitrogens is 2. The zero-order valence-corrected chi connectivity index (χ0v) is 10.6. The number of rotatable bonds is 4. The van der Waals surface area contributed by atoms with E-state index in [9.17, 15) is 4.79 Å². The van der Waals surface area contributed by atoms with E-state index in [1.54, 1.807) is 10.9 Å². The molecule has 1 saturated heterocycles. The summed E-state index contributed by atoms with van der Waals surface area (Å²) in [4.78, 5) is 16.4. The quantitative estimate of drug-likeness (QED) is 0.458. The molecule has 2 rings (SSSR count). The number of hydrogen-bond donors (Lipinski definition) is 0. The summed E-state index contributed by atoms with van der Waals surface area (Å²) in [6.07, 6.45) is 2.27. The van der Waals surface area contributed by atoms with Gasteiger partial charge < -0.3 is 4.90 Å². The van der Waals surface area contributed by atoms with Crippen LogP contribution in [0.1, 0.15) is 17.7 Å². The Kier molecular flexibility index (Phi) is 3.53. The number of amides is 1. The molecular weight excluding hydrogens is 232 g/mol. The maximum Gasteiger partial charge on any atom is 0.223 e. The van der Waals surface area contributed by atoms with E-state index < -0.39 is 0 Å². The molecule has 1 aromatic heterocycles. The van der Waals surface area contributed by atoms with Gasteiger partial charge in [0.1, 0.15) is 0 Å². The fraction of sp³-hybridized carbons (Fsp3) is 0.636. The fourth-order valence-electron chi connectivity index (χ4n) is 2.19. The molecule has 0 saturated carbocycles. The first kappa shape index (κ1) is 12.4. The van der Waals surface area contributed by atoms with Crippen molar-refractivity contribution >= 4 is 5.91 Å². The van der Waals surface area contributed by atoms with Crippen molar-refractivity contribution in [3.05, 3.63) is 27.9 Å². The number of hydrogen-bond acceptors (Lipinski definition) is 3. The van der Waals surface area contributed by atoms with E-state index in [1.807, 2.05) is 18.9 Å². The van der Waals surface area contributed by atoms with Gasteiger partial charge in [-0.3, -0.25) is 9.48 Å². The summed E-state index contributed by atoms with van der Waals surface area (Å²) >= 11 is 0. The first-order valence-corrected chi connectivity index (χ1v) is 5.88. The molecule has 0 aliphatic carbocycles. The molecule has 7 heteroatoms. The van der Waals surface area contributed by atoms with E-state index in [1.165, 1.54) is 0 Å². The van der Waals surface area contributed by atoms with Crippen LogP contribution in [0.15, 0.2) is 11.3 Å². The van der Waals surface area contributed by atoms with Gasteiger partial charge in [0.25, 0.3) is 0 Å². The highest BCUT2D eigenvalue weighted by atomic mass is 16.2. The predicted molar refractivity (Wildman–Crippen MR) is 65.5 cm³/mol. The van der Waals surface area contributed by atoms with Crippen molar-refractivity contribution < 1.29 is 4.79 Å². The smallest absolute Gasteiger partial charge is 0.223 e. The molecule has 1 aliphatic rings.